The Morgan fingerprint density at radius 3 is 2.36 bits per heavy atom. The summed E-state index contributed by atoms with van der Waals surface area (Å²) in [7, 11) is 0. The molecule has 10 nitrogen and oxygen atoms in total. The number of carbonyl (C=O) groups is 1. The maximum Gasteiger partial charge on any atom is 0.333 e. The van der Waals surface area contributed by atoms with Gasteiger partial charge in [0.2, 0.25) is 0 Å². The van der Waals surface area contributed by atoms with Crippen LogP contribution in [0.3, 0.4) is 0 Å². The van der Waals surface area contributed by atoms with Gasteiger partial charge in [-0.05, 0) is 50.3 Å². The second-order valence-electron chi connectivity index (χ2n) is 12.7. The van der Waals surface area contributed by atoms with E-state index in [0.29, 0.717) is 15.4 Å². The molecular weight excluding hydrogens is 561 g/mol. The second-order valence-corrected chi connectivity index (χ2v) is 13.7. The van der Waals surface area contributed by atoms with Crippen molar-refractivity contribution in [2.75, 3.05) is 6.61 Å². The van der Waals surface area contributed by atoms with Gasteiger partial charge in [0.1, 0.15) is 33.0 Å². The fourth-order valence-electron chi connectivity index (χ4n) is 4.79. The van der Waals surface area contributed by atoms with E-state index in [1.54, 1.807) is 20.8 Å². The van der Waals surface area contributed by atoms with Crippen LogP contribution in [-0.2, 0) is 21.6 Å². The summed E-state index contributed by atoms with van der Waals surface area (Å²) in [6.45, 7) is 14.6. The number of Topliss-reactive ketones (excluding diaryl/α,β-unsaturated/α-hetero) is 1. The molecule has 0 saturated heterocycles. The van der Waals surface area contributed by atoms with E-state index in [-0.39, 0.29) is 53.4 Å². The van der Waals surface area contributed by atoms with Crippen LogP contribution >= 0.6 is 11.3 Å². The summed E-state index contributed by atoms with van der Waals surface area (Å²) in [5.74, 6) is -1.00. The normalized spacial score (nSPS) is 13.3. The number of aryl methyl sites for hydroxylation is 1. The van der Waals surface area contributed by atoms with Crippen molar-refractivity contribution in [2.45, 2.75) is 80.0 Å². The molecule has 42 heavy (non-hydrogen) atoms. The SMILES string of the molecule is Cc1c(-n2nccn2)sc2c1c(=O)n(C(C)(C)C(=O)CC(C)C)c(=O)n2C[C@H](OCC(C)(C)C)c1cc(F)ccc1O. The van der Waals surface area contributed by atoms with Crippen LogP contribution < -0.4 is 11.2 Å². The quantitative estimate of drug-likeness (QED) is 0.269. The van der Waals surface area contributed by atoms with Crippen LogP contribution in [0.5, 0.6) is 5.75 Å². The maximum atomic E-state index is 14.4. The minimum Gasteiger partial charge on any atom is -0.508 e. The van der Waals surface area contributed by atoms with E-state index in [4.69, 9.17) is 4.74 Å². The van der Waals surface area contributed by atoms with Gasteiger partial charge >= 0.3 is 5.69 Å². The molecule has 0 fully saturated rings. The van der Waals surface area contributed by atoms with Gasteiger partial charge in [-0.25, -0.2) is 13.8 Å². The van der Waals surface area contributed by atoms with E-state index in [1.807, 2.05) is 34.6 Å². The first-order chi connectivity index (χ1) is 19.5. The lowest BCUT2D eigenvalue weighted by atomic mass is 9.91. The summed E-state index contributed by atoms with van der Waals surface area (Å²) in [5, 5.41) is 19.9. The molecule has 0 saturated carbocycles. The lowest BCUT2D eigenvalue weighted by molar-refractivity contribution is -0.127. The number of fused-ring (bicyclic) bond motifs is 1. The molecule has 0 radical (unpaired) electrons. The Morgan fingerprint density at radius 2 is 1.76 bits per heavy atom. The van der Waals surface area contributed by atoms with Crippen molar-refractivity contribution in [2.24, 2.45) is 11.3 Å². The molecule has 4 aromatic rings. The standard InChI is InChI=1S/C30H38FN5O5S/c1-17(2)13-23(38)30(7,8)35-25(39)24-18(3)26(36-32-11-12-33-36)42-27(24)34(28(35)40)15-22(41-16-29(4,5)6)20-14-19(31)9-10-21(20)37/h9-12,14,17,22,37H,13,15-16H2,1-8H3/t22-/m0/s1. The molecule has 3 heterocycles. The van der Waals surface area contributed by atoms with Gasteiger partial charge in [0.05, 0.1) is 30.9 Å². The van der Waals surface area contributed by atoms with Gasteiger partial charge < -0.3 is 9.84 Å². The van der Waals surface area contributed by atoms with Gasteiger partial charge in [-0.15, -0.1) is 4.80 Å². The zero-order valence-electron chi connectivity index (χ0n) is 25.3. The van der Waals surface area contributed by atoms with Crippen molar-refractivity contribution >= 4 is 27.3 Å². The number of aromatic nitrogens is 5. The Balaban J connectivity index is 2.03. The molecule has 0 aliphatic heterocycles. The van der Waals surface area contributed by atoms with Crippen LogP contribution in [0.1, 0.15) is 72.1 Å². The van der Waals surface area contributed by atoms with Crippen molar-refractivity contribution in [1.29, 1.82) is 0 Å². The number of aromatic hydroxyl groups is 1. The molecule has 1 N–H and O–H groups in total. The van der Waals surface area contributed by atoms with Gasteiger partial charge in [-0.1, -0.05) is 46.0 Å². The van der Waals surface area contributed by atoms with Crippen molar-refractivity contribution < 1.29 is 19.0 Å². The number of carbonyl (C=O) groups excluding carboxylic acids is 1. The molecule has 0 unspecified atom stereocenters. The predicted octanol–water partition coefficient (Wildman–Crippen LogP) is 5.11. The number of thiophene rings is 1. The number of hydrogen-bond acceptors (Lipinski definition) is 8. The number of ketones is 1. The predicted molar refractivity (Wildman–Crippen MR) is 160 cm³/mol. The number of hydrogen-bond donors (Lipinski definition) is 1. The van der Waals surface area contributed by atoms with Gasteiger partial charge in [-0.3, -0.25) is 14.2 Å². The number of halogens is 1. The lowest BCUT2D eigenvalue weighted by Crippen LogP contribution is -2.53. The summed E-state index contributed by atoms with van der Waals surface area (Å²) >= 11 is 1.15. The van der Waals surface area contributed by atoms with Gasteiger partial charge in [0.25, 0.3) is 5.56 Å². The molecule has 0 aliphatic carbocycles. The van der Waals surface area contributed by atoms with E-state index < -0.39 is 28.7 Å². The zero-order chi connectivity index (χ0) is 31.1. The number of benzene rings is 1. The van der Waals surface area contributed by atoms with Crippen LogP contribution in [0.15, 0.2) is 40.2 Å². The highest BCUT2D eigenvalue weighted by molar-refractivity contribution is 7.21. The van der Waals surface area contributed by atoms with E-state index in [2.05, 4.69) is 10.2 Å². The van der Waals surface area contributed by atoms with Crippen LogP contribution in [0.2, 0.25) is 0 Å². The number of phenolic OH excluding ortho intramolecular Hbond substituents is 1. The summed E-state index contributed by atoms with van der Waals surface area (Å²) in [4.78, 5) is 43.5. The fraction of sp³-hybridized carbons (Fsp3) is 0.500. The molecule has 226 valence electrons. The molecule has 1 aromatic carbocycles. The van der Waals surface area contributed by atoms with Crippen molar-refractivity contribution in [1.82, 2.24) is 24.1 Å². The van der Waals surface area contributed by atoms with Gasteiger partial charge in [0, 0.05) is 17.5 Å². The summed E-state index contributed by atoms with van der Waals surface area (Å²) in [6.07, 6.45) is 2.23. The highest BCUT2D eigenvalue weighted by Gasteiger charge is 2.36. The minimum atomic E-state index is -1.46. The van der Waals surface area contributed by atoms with E-state index >= 15 is 0 Å². The van der Waals surface area contributed by atoms with E-state index in [0.717, 1.165) is 22.0 Å². The Morgan fingerprint density at radius 1 is 1.12 bits per heavy atom. The molecule has 0 bridgehead atoms. The smallest absolute Gasteiger partial charge is 0.333 e. The first-order valence-electron chi connectivity index (χ1n) is 13.8. The monoisotopic (exact) mass is 599 g/mol. The Bertz CT molecular complexity index is 1730. The first-order valence-corrected chi connectivity index (χ1v) is 14.6. The third-order valence-corrected chi connectivity index (χ3v) is 8.31. The molecule has 0 aliphatic rings. The van der Waals surface area contributed by atoms with Crippen molar-refractivity contribution in [3.05, 3.63) is 68.4 Å². The summed E-state index contributed by atoms with van der Waals surface area (Å²) in [6, 6.07) is 3.55. The molecular formula is C30H38FN5O5S. The van der Waals surface area contributed by atoms with Crippen molar-refractivity contribution in [3.63, 3.8) is 0 Å². The fourth-order valence-corrected chi connectivity index (χ4v) is 6.01. The minimum absolute atomic E-state index is 0.0185. The molecule has 0 spiro atoms. The second kappa shape index (κ2) is 11.6. The Hall–Kier alpha value is -3.64. The number of ether oxygens (including phenoxy) is 1. The lowest BCUT2D eigenvalue weighted by Gasteiger charge is -2.29. The highest BCUT2D eigenvalue weighted by Crippen LogP contribution is 2.35. The third kappa shape index (κ3) is 6.10. The summed E-state index contributed by atoms with van der Waals surface area (Å²) < 4.78 is 23.0. The van der Waals surface area contributed by atoms with Crippen LogP contribution in [0.25, 0.3) is 15.2 Å². The largest absolute Gasteiger partial charge is 0.508 e. The molecule has 4 rings (SSSR count). The van der Waals surface area contributed by atoms with Crippen LogP contribution in [0.4, 0.5) is 4.39 Å². The average Bonchev–Trinajstić information content (AvgIpc) is 3.52. The molecule has 1 atom stereocenters. The number of nitrogens with zero attached hydrogens (tertiary/aromatic N) is 5. The third-order valence-electron chi connectivity index (χ3n) is 7.03. The first kappa shape index (κ1) is 31.3. The number of rotatable bonds is 10. The summed E-state index contributed by atoms with van der Waals surface area (Å²) in [5.41, 5.74) is -2.35. The average molecular weight is 600 g/mol. The van der Waals surface area contributed by atoms with E-state index in [9.17, 15) is 23.9 Å². The molecule has 0 amide bonds. The number of phenols is 1. The van der Waals surface area contributed by atoms with Crippen LogP contribution in [-0.4, -0.2) is 41.6 Å². The maximum absolute atomic E-state index is 14.4. The highest BCUT2D eigenvalue weighted by atomic mass is 32.1. The Labute approximate surface area is 247 Å². The van der Waals surface area contributed by atoms with Gasteiger partial charge in [0.15, 0.2) is 5.78 Å². The van der Waals surface area contributed by atoms with Crippen molar-refractivity contribution in [3.8, 4) is 10.8 Å². The molecule has 3 aromatic heterocycles. The van der Waals surface area contributed by atoms with Gasteiger partial charge in [-0.2, -0.15) is 10.2 Å². The topological polar surface area (TPSA) is 121 Å². The Kier molecular flexibility index (Phi) is 8.62. The van der Waals surface area contributed by atoms with E-state index in [1.165, 1.54) is 33.9 Å². The molecule has 12 heteroatoms. The van der Waals surface area contributed by atoms with Crippen LogP contribution in [0, 0.1) is 24.1 Å². The zero-order valence-corrected chi connectivity index (χ0v) is 26.1.